The number of ether oxygens (including phenoxy) is 1. The lowest BCUT2D eigenvalue weighted by Crippen LogP contribution is -2.40. The molecule has 0 saturated carbocycles. The van der Waals surface area contributed by atoms with E-state index in [0.717, 1.165) is 12.1 Å². The molecule has 116 valence electrons. The monoisotopic (exact) mass is 293 g/mol. The van der Waals surface area contributed by atoms with Crippen molar-refractivity contribution in [1.82, 2.24) is 4.90 Å². The topological polar surface area (TPSA) is 29.5 Å². The smallest absolute Gasteiger partial charge is 0.310 e. The van der Waals surface area contributed by atoms with Crippen molar-refractivity contribution in [3.63, 3.8) is 0 Å². The van der Waals surface area contributed by atoms with E-state index in [-0.39, 0.29) is 29.2 Å². The van der Waals surface area contributed by atoms with E-state index >= 15 is 0 Å². The van der Waals surface area contributed by atoms with Gasteiger partial charge in [-0.3, -0.25) is 9.69 Å². The van der Waals surface area contributed by atoms with Crippen LogP contribution in [0, 0.1) is 11.7 Å². The highest BCUT2D eigenvalue weighted by atomic mass is 19.1. The zero-order valence-electron chi connectivity index (χ0n) is 13.2. The van der Waals surface area contributed by atoms with Gasteiger partial charge in [0.1, 0.15) is 5.82 Å². The number of halogens is 1. The molecule has 4 heteroatoms. The molecule has 1 heterocycles. The van der Waals surface area contributed by atoms with Gasteiger partial charge in [0.05, 0.1) is 12.5 Å². The molecule has 0 aliphatic carbocycles. The summed E-state index contributed by atoms with van der Waals surface area (Å²) in [6, 6.07) is 6.46. The minimum Gasteiger partial charge on any atom is -0.466 e. The van der Waals surface area contributed by atoms with Crippen molar-refractivity contribution in [2.45, 2.75) is 39.2 Å². The molecule has 1 saturated heterocycles. The van der Waals surface area contributed by atoms with Gasteiger partial charge >= 0.3 is 5.97 Å². The summed E-state index contributed by atoms with van der Waals surface area (Å²) in [5.74, 6) is -0.533. The second-order valence-corrected chi connectivity index (χ2v) is 6.59. The van der Waals surface area contributed by atoms with Crippen LogP contribution < -0.4 is 0 Å². The molecule has 0 amide bonds. The summed E-state index contributed by atoms with van der Waals surface area (Å²) in [6.45, 7) is 10.1. The number of nitrogens with zero attached hydrogens (tertiary/aromatic N) is 1. The highest BCUT2D eigenvalue weighted by molar-refractivity contribution is 5.74. The maximum absolute atomic E-state index is 13.1. The Bertz CT molecular complexity index is 493. The van der Waals surface area contributed by atoms with Gasteiger partial charge in [-0.15, -0.1) is 0 Å². The summed E-state index contributed by atoms with van der Waals surface area (Å²) < 4.78 is 18.3. The number of rotatable bonds is 3. The quantitative estimate of drug-likeness (QED) is 0.802. The second kappa shape index (κ2) is 6.14. The van der Waals surface area contributed by atoms with Crippen LogP contribution in [0.15, 0.2) is 24.3 Å². The molecule has 0 aromatic heterocycles. The van der Waals surface area contributed by atoms with E-state index in [1.165, 1.54) is 12.1 Å². The van der Waals surface area contributed by atoms with Gasteiger partial charge in [0.2, 0.25) is 0 Å². The maximum Gasteiger partial charge on any atom is 0.310 e. The summed E-state index contributed by atoms with van der Waals surface area (Å²) in [7, 11) is 0. The number of likely N-dealkylation sites (tertiary alicyclic amines) is 1. The predicted molar refractivity (Wildman–Crippen MR) is 80.6 cm³/mol. The first-order valence-electron chi connectivity index (χ1n) is 7.50. The summed E-state index contributed by atoms with van der Waals surface area (Å²) in [6.07, 6.45) is 0. The van der Waals surface area contributed by atoms with Crippen molar-refractivity contribution in [3.8, 4) is 0 Å². The minimum atomic E-state index is -0.253. The normalized spacial score (nSPS) is 23.3. The molecule has 1 fully saturated rings. The van der Waals surface area contributed by atoms with Crippen molar-refractivity contribution in [1.29, 1.82) is 0 Å². The number of hydrogen-bond acceptors (Lipinski definition) is 3. The molecule has 2 rings (SSSR count). The lowest BCUT2D eigenvalue weighted by atomic mass is 9.89. The molecule has 21 heavy (non-hydrogen) atoms. The summed E-state index contributed by atoms with van der Waals surface area (Å²) in [5.41, 5.74) is 1.00. The Morgan fingerprint density at radius 1 is 1.29 bits per heavy atom. The molecule has 2 atom stereocenters. The van der Waals surface area contributed by atoms with Crippen LogP contribution in [-0.4, -0.2) is 36.1 Å². The Morgan fingerprint density at radius 3 is 2.43 bits per heavy atom. The van der Waals surface area contributed by atoms with Crippen LogP contribution >= 0.6 is 0 Å². The van der Waals surface area contributed by atoms with Gasteiger partial charge in [0.15, 0.2) is 0 Å². The van der Waals surface area contributed by atoms with Crippen molar-refractivity contribution in [2.24, 2.45) is 5.92 Å². The Labute approximate surface area is 126 Å². The van der Waals surface area contributed by atoms with Crippen LogP contribution in [0.2, 0.25) is 0 Å². The summed E-state index contributed by atoms with van der Waals surface area (Å²) >= 11 is 0. The highest BCUT2D eigenvalue weighted by Crippen LogP contribution is 2.36. The van der Waals surface area contributed by atoms with Gasteiger partial charge in [-0.2, -0.15) is 0 Å². The standard InChI is InChI=1S/C17H24FNO2/c1-5-21-16(20)15-11-19(17(2,3)4)10-14(15)12-6-8-13(18)9-7-12/h6-9,14-15H,5,10-11H2,1-4H3/t14-,15+/m0/s1. The average molecular weight is 293 g/mol. The molecule has 1 aromatic rings. The number of carbonyl (C=O) groups excluding carboxylic acids is 1. The molecule has 0 bridgehead atoms. The first-order chi connectivity index (χ1) is 9.82. The van der Waals surface area contributed by atoms with Crippen LogP contribution in [0.4, 0.5) is 4.39 Å². The van der Waals surface area contributed by atoms with Crippen molar-refractivity contribution in [3.05, 3.63) is 35.6 Å². The van der Waals surface area contributed by atoms with Gasteiger partial charge in [-0.1, -0.05) is 12.1 Å². The largest absolute Gasteiger partial charge is 0.466 e. The van der Waals surface area contributed by atoms with E-state index < -0.39 is 0 Å². The van der Waals surface area contributed by atoms with Crippen LogP contribution in [-0.2, 0) is 9.53 Å². The van der Waals surface area contributed by atoms with Crippen LogP contribution in [0.5, 0.6) is 0 Å². The lowest BCUT2D eigenvalue weighted by Gasteiger charge is -2.31. The summed E-state index contributed by atoms with van der Waals surface area (Å²) in [5, 5.41) is 0. The van der Waals surface area contributed by atoms with Crippen LogP contribution in [0.25, 0.3) is 0 Å². The fourth-order valence-corrected chi connectivity index (χ4v) is 2.89. The Balaban J connectivity index is 2.26. The van der Waals surface area contributed by atoms with Crippen molar-refractivity contribution in [2.75, 3.05) is 19.7 Å². The van der Waals surface area contributed by atoms with Crippen molar-refractivity contribution >= 4 is 5.97 Å². The molecule has 0 radical (unpaired) electrons. The van der Waals surface area contributed by atoms with Crippen LogP contribution in [0.3, 0.4) is 0 Å². The zero-order valence-corrected chi connectivity index (χ0v) is 13.2. The van der Waals surface area contributed by atoms with Crippen LogP contribution in [0.1, 0.15) is 39.2 Å². The van der Waals surface area contributed by atoms with Crippen molar-refractivity contribution < 1.29 is 13.9 Å². The molecule has 0 unspecified atom stereocenters. The van der Waals surface area contributed by atoms with Gasteiger partial charge in [0, 0.05) is 24.5 Å². The zero-order chi connectivity index (χ0) is 15.6. The van der Waals surface area contributed by atoms with E-state index in [1.54, 1.807) is 12.1 Å². The average Bonchev–Trinajstić information content (AvgIpc) is 2.85. The van der Waals surface area contributed by atoms with Gasteiger partial charge in [-0.05, 0) is 45.4 Å². The van der Waals surface area contributed by atoms with E-state index in [4.69, 9.17) is 4.74 Å². The summed E-state index contributed by atoms with van der Waals surface area (Å²) in [4.78, 5) is 14.5. The van der Waals surface area contributed by atoms with Gasteiger partial charge in [0.25, 0.3) is 0 Å². The van der Waals surface area contributed by atoms with Gasteiger partial charge < -0.3 is 4.74 Å². The maximum atomic E-state index is 13.1. The molecule has 1 aromatic carbocycles. The SMILES string of the molecule is CCOC(=O)[C@@H]1CN(C(C)(C)C)C[C@H]1c1ccc(F)cc1. The molecular formula is C17H24FNO2. The minimum absolute atomic E-state index is 0.000471. The molecule has 0 spiro atoms. The van der Waals surface area contributed by atoms with E-state index in [9.17, 15) is 9.18 Å². The molecular weight excluding hydrogens is 269 g/mol. The van der Waals surface area contributed by atoms with E-state index in [0.29, 0.717) is 13.2 Å². The molecule has 1 aliphatic heterocycles. The first-order valence-corrected chi connectivity index (χ1v) is 7.50. The number of hydrogen-bond donors (Lipinski definition) is 0. The second-order valence-electron chi connectivity index (χ2n) is 6.59. The third-order valence-corrected chi connectivity index (χ3v) is 4.16. The Kier molecular flexibility index (Phi) is 4.67. The highest BCUT2D eigenvalue weighted by Gasteiger charge is 2.42. The van der Waals surface area contributed by atoms with E-state index in [1.807, 2.05) is 6.92 Å². The fraction of sp³-hybridized carbons (Fsp3) is 0.588. The molecule has 0 N–H and O–H groups in total. The molecule has 3 nitrogen and oxygen atoms in total. The lowest BCUT2D eigenvalue weighted by molar-refractivity contribution is -0.148. The number of esters is 1. The predicted octanol–water partition coefficient (Wildman–Crippen LogP) is 3.20. The fourth-order valence-electron chi connectivity index (χ4n) is 2.89. The first kappa shape index (κ1) is 16.0. The number of benzene rings is 1. The number of carbonyl (C=O) groups is 1. The Hall–Kier alpha value is -1.42. The third-order valence-electron chi connectivity index (χ3n) is 4.16. The third kappa shape index (κ3) is 3.62. The van der Waals surface area contributed by atoms with E-state index in [2.05, 4.69) is 25.7 Å². The Morgan fingerprint density at radius 2 is 1.90 bits per heavy atom. The molecule has 1 aliphatic rings. The van der Waals surface area contributed by atoms with Gasteiger partial charge in [-0.25, -0.2) is 4.39 Å².